The number of hydrogen-bond donors (Lipinski definition) is 2. The summed E-state index contributed by atoms with van der Waals surface area (Å²) in [5, 5.41) is 12.2. The van der Waals surface area contributed by atoms with Crippen molar-refractivity contribution in [2.45, 2.75) is 45.8 Å². The Morgan fingerprint density at radius 1 is 1.32 bits per heavy atom. The molecule has 1 atom stereocenters. The molecule has 1 unspecified atom stereocenters. The van der Waals surface area contributed by atoms with Gasteiger partial charge in [-0.25, -0.2) is 0 Å². The fourth-order valence-electron chi connectivity index (χ4n) is 1.62. The summed E-state index contributed by atoms with van der Waals surface area (Å²) in [7, 11) is 0. The fraction of sp³-hybridized carbons (Fsp3) is 0.533. The van der Waals surface area contributed by atoms with E-state index in [1.165, 1.54) is 0 Å². The molecule has 0 aliphatic rings. The van der Waals surface area contributed by atoms with Crippen LogP contribution in [0.5, 0.6) is 5.75 Å². The maximum absolute atomic E-state index is 11.8. The first-order chi connectivity index (χ1) is 9.02. The largest absolute Gasteiger partial charge is 0.491 e. The van der Waals surface area contributed by atoms with E-state index in [4.69, 9.17) is 4.74 Å². The molecule has 4 nitrogen and oxygen atoms in total. The first-order valence-electron chi connectivity index (χ1n) is 6.76. The zero-order chi connectivity index (χ0) is 14.3. The molecule has 4 heteroatoms. The number of aliphatic hydroxyl groups is 1. The van der Waals surface area contributed by atoms with Crippen LogP contribution in [0.4, 0.5) is 0 Å². The molecule has 0 aliphatic carbocycles. The van der Waals surface area contributed by atoms with Crippen LogP contribution in [-0.2, 0) is 0 Å². The monoisotopic (exact) mass is 265 g/mol. The summed E-state index contributed by atoms with van der Waals surface area (Å²) in [5.74, 6) is 0.632. The molecule has 0 spiro atoms. The highest BCUT2D eigenvalue weighted by Crippen LogP contribution is 2.13. The third-order valence-corrected chi connectivity index (χ3v) is 2.72. The third-order valence-electron chi connectivity index (χ3n) is 2.72. The third kappa shape index (κ3) is 5.75. The number of amides is 1. The summed E-state index contributed by atoms with van der Waals surface area (Å²) in [4.78, 5) is 11.8. The molecule has 1 aromatic carbocycles. The number of aliphatic hydroxyl groups excluding tert-OH is 1. The maximum Gasteiger partial charge on any atom is 0.251 e. The van der Waals surface area contributed by atoms with Crippen LogP contribution in [0, 0.1) is 0 Å². The first-order valence-corrected chi connectivity index (χ1v) is 6.76. The van der Waals surface area contributed by atoms with Crippen LogP contribution < -0.4 is 10.1 Å². The Morgan fingerprint density at radius 2 is 1.95 bits per heavy atom. The summed E-state index contributed by atoms with van der Waals surface area (Å²) in [6.45, 7) is 6.32. The standard InChI is InChI=1S/C15H23NO3/c1-4-13(17)9-10-16-15(18)12-5-7-14(8-6-12)19-11(2)3/h5-8,11,13,17H,4,9-10H2,1-3H3,(H,16,18). The second-order valence-electron chi connectivity index (χ2n) is 4.80. The highest BCUT2D eigenvalue weighted by atomic mass is 16.5. The van der Waals surface area contributed by atoms with E-state index < -0.39 is 0 Å². The normalized spacial score (nSPS) is 12.3. The van der Waals surface area contributed by atoms with E-state index in [1.807, 2.05) is 20.8 Å². The van der Waals surface area contributed by atoms with Crippen molar-refractivity contribution in [3.8, 4) is 5.75 Å². The average molecular weight is 265 g/mol. The molecular weight excluding hydrogens is 242 g/mol. The molecule has 106 valence electrons. The van der Waals surface area contributed by atoms with Gasteiger partial charge < -0.3 is 15.2 Å². The molecule has 0 radical (unpaired) electrons. The molecule has 0 aromatic heterocycles. The molecule has 1 amide bonds. The number of carbonyl (C=O) groups excluding carboxylic acids is 1. The van der Waals surface area contributed by atoms with Gasteiger partial charge in [0.2, 0.25) is 0 Å². The zero-order valence-electron chi connectivity index (χ0n) is 11.8. The van der Waals surface area contributed by atoms with Crippen molar-refractivity contribution in [3.63, 3.8) is 0 Å². The van der Waals surface area contributed by atoms with Crippen molar-refractivity contribution in [2.24, 2.45) is 0 Å². The molecular formula is C15H23NO3. The van der Waals surface area contributed by atoms with E-state index in [9.17, 15) is 9.90 Å². The van der Waals surface area contributed by atoms with E-state index in [-0.39, 0.29) is 18.1 Å². The second-order valence-corrected chi connectivity index (χ2v) is 4.80. The average Bonchev–Trinajstić information content (AvgIpc) is 2.38. The topological polar surface area (TPSA) is 58.6 Å². The maximum atomic E-state index is 11.8. The Hall–Kier alpha value is -1.55. The number of rotatable bonds is 7. The lowest BCUT2D eigenvalue weighted by atomic mass is 10.2. The van der Waals surface area contributed by atoms with Crippen molar-refractivity contribution in [3.05, 3.63) is 29.8 Å². The predicted molar refractivity (Wildman–Crippen MR) is 75.5 cm³/mol. The summed E-state index contributed by atoms with van der Waals surface area (Å²) in [5.41, 5.74) is 0.599. The summed E-state index contributed by atoms with van der Waals surface area (Å²) < 4.78 is 5.51. The smallest absolute Gasteiger partial charge is 0.251 e. The van der Waals surface area contributed by atoms with Gasteiger partial charge in [-0.3, -0.25) is 4.79 Å². The molecule has 2 N–H and O–H groups in total. The van der Waals surface area contributed by atoms with E-state index in [1.54, 1.807) is 24.3 Å². The van der Waals surface area contributed by atoms with Crippen molar-refractivity contribution in [1.29, 1.82) is 0 Å². The molecule has 0 saturated carbocycles. The molecule has 0 saturated heterocycles. The van der Waals surface area contributed by atoms with Crippen LogP contribution in [-0.4, -0.2) is 29.8 Å². The van der Waals surface area contributed by atoms with Gasteiger partial charge in [-0.15, -0.1) is 0 Å². The number of ether oxygens (including phenoxy) is 1. The predicted octanol–water partition coefficient (Wildman–Crippen LogP) is 2.36. The molecule has 1 rings (SSSR count). The Morgan fingerprint density at radius 3 is 2.47 bits per heavy atom. The molecule has 0 heterocycles. The van der Waals surface area contributed by atoms with Gasteiger partial charge in [-0.1, -0.05) is 6.92 Å². The van der Waals surface area contributed by atoms with Crippen LogP contribution in [0.1, 0.15) is 44.0 Å². The van der Waals surface area contributed by atoms with E-state index in [0.29, 0.717) is 24.9 Å². The van der Waals surface area contributed by atoms with Gasteiger partial charge in [0.15, 0.2) is 0 Å². The van der Waals surface area contributed by atoms with Gasteiger partial charge in [0.05, 0.1) is 12.2 Å². The Bertz CT molecular complexity index is 387. The van der Waals surface area contributed by atoms with Crippen LogP contribution in [0.15, 0.2) is 24.3 Å². The van der Waals surface area contributed by atoms with Crippen molar-refractivity contribution >= 4 is 5.91 Å². The van der Waals surface area contributed by atoms with E-state index in [0.717, 1.165) is 5.75 Å². The minimum Gasteiger partial charge on any atom is -0.491 e. The molecule has 19 heavy (non-hydrogen) atoms. The van der Waals surface area contributed by atoms with Crippen molar-refractivity contribution in [1.82, 2.24) is 5.32 Å². The number of nitrogens with one attached hydrogen (secondary N) is 1. The molecule has 0 bridgehead atoms. The van der Waals surface area contributed by atoms with Gasteiger partial charge in [0, 0.05) is 12.1 Å². The first kappa shape index (κ1) is 15.5. The van der Waals surface area contributed by atoms with Gasteiger partial charge in [-0.05, 0) is 51.0 Å². The second kappa shape index (κ2) is 7.79. The zero-order valence-corrected chi connectivity index (χ0v) is 11.8. The number of hydrogen-bond acceptors (Lipinski definition) is 3. The van der Waals surface area contributed by atoms with E-state index >= 15 is 0 Å². The van der Waals surface area contributed by atoms with Gasteiger partial charge >= 0.3 is 0 Å². The highest BCUT2D eigenvalue weighted by molar-refractivity contribution is 5.94. The summed E-state index contributed by atoms with van der Waals surface area (Å²) >= 11 is 0. The Kier molecular flexibility index (Phi) is 6.36. The quantitative estimate of drug-likeness (QED) is 0.795. The van der Waals surface area contributed by atoms with Gasteiger partial charge in [-0.2, -0.15) is 0 Å². The highest BCUT2D eigenvalue weighted by Gasteiger charge is 2.07. The number of benzene rings is 1. The van der Waals surface area contributed by atoms with Crippen molar-refractivity contribution in [2.75, 3.05) is 6.54 Å². The van der Waals surface area contributed by atoms with E-state index in [2.05, 4.69) is 5.32 Å². The summed E-state index contributed by atoms with van der Waals surface area (Å²) in [6, 6.07) is 7.05. The van der Waals surface area contributed by atoms with Gasteiger partial charge in [0.1, 0.15) is 5.75 Å². The number of carbonyl (C=O) groups is 1. The lowest BCUT2D eigenvalue weighted by Crippen LogP contribution is -2.26. The van der Waals surface area contributed by atoms with Crippen LogP contribution >= 0.6 is 0 Å². The van der Waals surface area contributed by atoms with Crippen LogP contribution in [0.2, 0.25) is 0 Å². The van der Waals surface area contributed by atoms with Crippen LogP contribution in [0.3, 0.4) is 0 Å². The minimum absolute atomic E-state index is 0.121. The SMILES string of the molecule is CCC(O)CCNC(=O)c1ccc(OC(C)C)cc1. The summed E-state index contributed by atoms with van der Waals surface area (Å²) in [6.07, 6.45) is 1.06. The minimum atomic E-state index is -0.345. The molecule has 0 aliphatic heterocycles. The Balaban J connectivity index is 2.44. The van der Waals surface area contributed by atoms with Crippen molar-refractivity contribution < 1.29 is 14.6 Å². The fourth-order valence-corrected chi connectivity index (χ4v) is 1.62. The van der Waals surface area contributed by atoms with Crippen LogP contribution in [0.25, 0.3) is 0 Å². The van der Waals surface area contributed by atoms with Gasteiger partial charge in [0.25, 0.3) is 5.91 Å². The lowest BCUT2D eigenvalue weighted by Gasteiger charge is -2.11. The Labute approximate surface area is 114 Å². The molecule has 1 aromatic rings. The molecule has 0 fully saturated rings. The lowest BCUT2D eigenvalue weighted by molar-refractivity contribution is 0.0942.